The number of H-pyrrole nitrogens is 1. The zero-order valence-corrected chi connectivity index (χ0v) is 23.1. The first-order chi connectivity index (χ1) is 15.7. The van der Waals surface area contributed by atoms with Gasteiger partial charge in [0.25, 0.3) is 6.21 Å². The molecule has 2 heterocycles. The highest BCUT2D eigenvalue weighted by molar-refractivity contribution is 9.10. The van der Waals surface area contributed by atoms with Crippen LogP contribution in [0.1, 0.15) is 0 Å². The predicted molar refractivity (Wildman–Crippen MR) is 141 cm³/mol. The second kappa shape index (κ2) is 13.1. The lowest BCUT2D eigenvalue weighted by molar-refractivity contribution is 0.00289. The summed E-state index contributed by atoms with van der Waals surface area (Å²) in [6.45, 7) is 6.69. The molecule has 33 heavy (non-hydrogen) atoms. The van der Waals surface area contributed by atoms with E-state index < -0.39 is 8.07 Å². The summed E-state index contributed by atoms with van der Waals surface area (Å²) in [5.74, 6) is 1.68. The molecule has 0 aliphatic heterocycles. The van der Waals surface area contributed by atoms with Gasteiger partial charge in [0.05, 0.1) is 8.07 Å². The van der Waals surface area contributed by atoms with Crippen LogP contribution >= 0.6 is 31.9 Å². The number of nitrogens with one attached hydrogen (secondary N) is 1. The molecular formula is C22H26Br2N8Si. The number of rotatable bonds is 4. The van der Waals surface area contributed by atoms with Crippen molar-refractivity contribution < 1.29 is 4.79 Å². The Morgan fingerprint density at radius 1 is 1.00 bits per heavy atom. The summed E-state index contributed by atoms with van der Waals surface area (Å²) in [5.41, 5.74) is 10.1. The highest BCUT2D eigenvalue weighted by Crippen LogP contribution is 2.19. The number of hydrogen-bond acceptors (Lipinski definition) is 4. The van der Waals surface area contributed by atoms with Crippen LogP contribution in [0.5, 0.6) is 0 Å². The molecule has 1 N–H and O–H groups in total. The van der Waals surface area contributed by atoms with Crippen molar-refractivity contribution in [2.45, 2.75) is 25.7 Å². The highest BCUT2D eigenvalue weighted by Gasteiger charge is 2.12. The molecule has 0 aliphatic carbocycles. The van der Waals surface area contributed by atoms with Crippen molar-refractivity contribution in [2.75, 3.05) is 0 Å². The van der Waals surface area contributed by atoms with Crippen molar-refractivity contribution >= 4 is 46.1 Å². The summed E-state index contributed by atoms with van der Waals surface area (Å²) in [7, 11) is 0.940. The second-order valence-corrected chi connectivity index (χ2v) is 15.5. The van der Waals surface area contributed by atoms with Gasteiger partial charge < -0.3 is 10.1 Å². The van der Waals surface area contributed by atoms with Gasteiger partial charge in [-0.05, 0) is 24.3 Å². The summed E-state index contributed by atoms with van der Waals surface area (Å²) in [4.78, 5) is 6.96. The largest absolute Gasteiger partial charge is 0.362 e. The molecule has 8 nitrogen and oxygen atoms in total. The van der Waals surface area contributed by atoms with Gasteiger partial charge in [0.2, 0.25) is 0 Å². The van der Waals surface area contributed by atoms with E-state index in [0.29, 0.717) is 0 Å². The molecular weight excluding hydrogens is 564 g/mol. The van der Waals surface area contributed by atoms with E-state index in [4.69, 9.17) is 5.53 Å². The molecule has 0 unspecified atom stereocenters. The zero-order chi connectivity index (χ0) is 24.3. The Kier molecular flexibility index (Phi) is 10.5. The lowest BCUT2D eigenvalue weighted by atomic mass is 10.2. The standard InChI is InChI=1S/C9H8BrN3.C8H6BrN3.C5H12N2Si/c1-13-6-11-12-9(13)7-2-4-8(10)5-3-7;9-7-3-1-6(2-4-7)8-10-5-11-12-8;1-8(2,3)5-4-7-6/h2-6H,1H3;1-5H,(H,10,11,12);4H,5H2,1-3H3. The summed E-state index contributed by atoms with van der Waals surface area (Å²) < 4.78 is 4.02. The van der Waals surface area contributed by atoms with E-state index in [-0.39, 0.29) is 0 Å². The Balaban J connectivity index is 0.000000181. The van der Waals surface area contributed by atoms with E-state index in [1.54, 1.807) is 12.5 Å². The van der Waals surface area contributed by atoms with Crippen LogP contribution in [-0.2, 0) is 7.05 Å². The van der Waals surface area contributed by atoms with Gasteiger partial charge in [0.15, 0.2) is 11.6 Å². The van der Waals surface area contributed by atoms with E-state index >= 15 is 0 Å². The van der Waals surface area contributed by atoms with Crippen LogP contribution in [0.3, 0.4) is 0 Å². The van der Waals surface area contributed by atoms with E-state index in [1.807, 2.05) is 60.1 Å². The van der Waals surface area contributed by atoms with Crippen molar-refractivity contribution in [2.24, 2.45) is 7.05 Å². The summed E-state index contributed by atoms with van der Waals surface area (Å²) in [6, 6.07) is 16.9. The normalized spacial score (nSPS) is 10.2. The minimum atomic E-state index is -0.987. The molecule has 2 aromatic carbocycles. The van der Waals surface area contributed by atoms with Crippen molar-refractivity contribution in [1.29, 1.82) is 0 Å². The SMILES string of the molecule is Brc1ccc(-c2ncn[nH]2)cc1.C[Si](C)(C)CC=[N+]=[N-].Cn1cnnc1-c1ccc(Br)cc1. The highest BCUT2D eigenvalue weighted by atomic mass is 79.9. The van der Waals surface area contributed by atoms with Gasteiger partial charge >= 0.3 is 0 Å². The first kappa shape index (κ1) is 26.5. The minimum absolute atomic E-state index is 0.794. The van der Waals surface area contributed by atoms with Crippen LogP contribution in [0.25, 0.3) is 28.3 Å². The predicted octanol–water partition coefficient (Wildman–Crippen LogP) is 6.10. The molecule has 0 saturated carbocycles. The number of nitrogens with zero attached hydrogens (tertiary/aromatic N) is 7. The van der Waals surface area contributed by atoms with Crippen molar-refractivity contribution in [3.05, 3.63) is 75.7 Å². The van der Waals surface area contributed by atoms with Gasteiger partial charge in [0, 0.05) is 33.2 Å². The fraction of sp³-hybridized carbons (Fsp3) is 0.227. The van der Waals surface area contributed by atoms with Crippen LogP contribution in [0.15, 0.2) is 70.1 Å². The average Bonchev–Trinajstić information content (AvgIpc) is 3.46. The number of aromatic nitrogens is 6. The lowest BCUT2D eigenvalue weighted by Gasteiger charge is -2.07. The monoisotopic (exact) mass is 588 g/mol. The number of aromatic amines is 1. The Morgan fingerprint density at radius 3 is 1.97 bits per heavy atom. The third kappa shape index (κ3) is 9.75. The molecule has 0 amide bonds. The zero-order valence-electron chi connectivity index (χ0n) is 18.9. The fourth-order valence-electron chi connectivity index (χ4n) is 2.41. The lowest BCUT2D eigenvalue weighted by Crippen LogP contribution is -2.19. The van der Waals surface area contributed by atoms with Gasteiger partial charge in [-0.25, -0.2) is 4.98 Å². The molecule has 0 atom stereocenters. The van der Waals surface area contributed by atoms with Crippen molar-refractivity contribution in [3.8, 4) is 22.8 Å². The van der Waals surface area contributed by atoms with Gasteiger partial charge in [-0.1, -0.05) is 75.8 Å². The van der Waals surface area contributed by atoms with E-state index in [9.17, 15) is 0 Å². The summed E-state index contributed by atoms with van der Waals surface area (Å²) in [6.07, 6.45) is 4.76. The van der Waals surface area contributed by atoms with Crippen molar-refractivity contribution in [3.63, 3.8) is 0 Å². The number of aryl methyl sites for hydroxylation is 1. The topological polar surface area (TPSA) is 109 Å². The maximum Gasteiger partial charge on any atom is 0.254 e. The molecule has 172 valence electrons. The van der Waals surface area contributed by atoms with E-state index in [1.165, 1.54) is 6.33 Å². The van der Waals surface area contributed by atoms with Gasteiger partial charge in [-0.2, -0.15) is 9.89 Å². The first-order valence-electron chi connectivity index (χ1n) is 10.1. The molecule has 4 rings (SSSR count). The Morgan fingerprint density at radius 2 is 1.58 bits per heavy atom. The van der Waals surface area contributed by atoms with Crippen LogP contribution in [0, 0.1) is 0 Å². The molecule has 0 spiro atoms. The van der Waals surface area contributed by atoms with Gasteiger partial charge in [-0.3, -0.25) is 5.10 Å². The molecule has 0 saturated heterocycles. The van der Waals surface area contributed by atoms with Crippen LogP contribution in [0.2, 0.25) is 25.7 Å². The summed E-state index contributed by atoms with van der Waals surface area (Å²) >= 11 is 6.75. The number of halogens is 2. The third-order valence-electron chi connectivity index (χ3n) is 4.13. The Hall–Kier alpha value is -2.72. The minimum Gasteiger partial charge on any atom is -0.362 e. The second-order valence-electron chi connectivity index (χ2n) is 8.18. The van der Waals surface area contributed by atoms with Gasteiger partial charge in [0.1, 0.15) is 12.7 Å². The number of hydrogen-bond donors (Lipinski definition) is 1. The first-order valence-corrected chi connectivity index (χ1v) is 15.4. The third-order valence-corrected chi connectivity index (χ3v) is 6.60. The Bertz CT molecular complexity index is 1140. The number of benzene rings is 2. The molecule has 0 aliphatic rings. The molecule has 0 fully saturated rings. The molecule has 0 radical (unpaired) electrons. The molecule has 4 aromatic rings. The maximum atomic E-state index is 8.02. The van der Waals surface area contributed by atoms with E-state index in [2.05, 4.69) is 81.7 Å². The van der Waals surface area contributed by atoms with Crippen LogP contribution in [-0.4, -0.2) is 49.0 Å². The smallest absolute Gasteiger partial charge is 0.254 e. The molecule has 0 bridgehead atoms. The van der Waals surface area contributed by atoms with Crippen LogP contribution in [0.4, 0.5) is 0 Å². The molecule has 11 heteroatoms. The van der Waals surface area contributed by atoms with Crippen molar-refractivity contribution in [1.82, 2.24) is 29.9 Å². The molecule has 2 aromatic heterocycles. The fourth-order valence-corrected chi connectivity index (χ4v) is 3.57. The maximum absolute atomic E-state index is 8.02. The van der Waals surface area contributed by atoms with E-state index in [0.717, 1.165) is 37.8 Å². The average molecular weight is 590 g/mol. The Labute approximate surface area is 211 Å². The quantitative estimate of drug-likeness (QED) is 0.134. The summed E-state index contributed by atoms with van der Waals surface area (Å²) in [5, 5.41) is 14.4. The van der Waals surface area contributed by atoms with Crippen LogP contribution < -0.4 is 0 Å². The van der Waals surface area contributed by atoms with Gasteiger partial charge in [-0.15, -0.1) is 10.2 Å².